The summed E-state index contributed by atoms with van der Waals surface area (Å²) in [4.78, 5) is 26.9. The lowest BCUT2D eigenvalue weighted by atomic mass is 10.2. The number of nitro groups is 1. The number of nitrogens with zero attached hydrogens (tertiary/aromatic N) is 2. The van der Waals surface area contributed by atoms with Gasteiger partial charge in [-0.3, -0.25) is 19.8 Å². The number of hydrogen-bond acceptors (Lipinski definition) is 5. The number of carbonyl (C=O) groups excluding carboxylic acids is 1. The third kappa shape index (κ3) is 3.57. The summed E-state index contributed by atoms with van der Waals surface area (Å²) in [5, 5.41) is 11.2. The lowest BCUT2D eigenvalue weighted by Gasteiger charge is -2.31. The summed E-state index contributed by atoms with van der Waals surface area (Å²) >= 11 is 1.95. The second-order valence-corrected chi connectivity index (χ2v) is 6.00. The molecule has 0 radical (unpaired) electrons. The molecule has 0 aromatic carbocycles. The molecule has 0 aliphatic carbocycles. The van der Waals surface area contributed by atoms with E-state index in [1.54, 1.807) is 0 Å². The number of H-pyrrole nitrogens is 1. The second-order valence-electron chi connectivity index (χ2n) is 4.59. The Morgan fingerprint density at radius 3 is 3.11 bits per heavy atom. The van der Waals surface area contributed by atoms with Crippen LogP contribution in [0.2, 0.25) is 0 Å². The molecule has 1 aliphatic rings. The molecule has 1 N–H and O–H groups in total. The van der Waals surface area contributed by atoms with E-state index in [1.807, 2.05) is 11.8 Å². The van der Waals surface area contributed by atoms with E-state index in [0.717, 1.165) is 25.3 Å². The van der Waals surface area contributed by atoms with Crippen LogP contribution < -0.4 is 0 Å². The van der Waals surface area contributed by atoms with Crippen molar-refractivity contribution in [1.29, 1.82) is 0 Å². The SMILES string of the molecule is CCC1CN(CC(=O)c2cc([N+](=O)[O-])c[nH]2)CCS1. The van der Waals surface area contributed by atoms with Crippen LogP contribution in [0.5, 0.6) is 0 Å². The Balaban J connectivity index is 1.94. The van der Waals surface area contributed by atoms with Crippen molar-refractivity contribution in [3.8, 4) is 0 Å². The molecular weight excluding hydrogens is 266 g/mol. The molecular formula is C12H17N3O3S. The van der Waals surface area contributed by atoms with Gasteiger partial charge in [-0.2, -0.15) is 11.8 Å². The number of aromatic nitrogens is 1. The van der Waals surface area contributed by atoms with Crippen LogP contribution in [0, 0.1) is 10.1 Å². The first-order chi connectivity index (χ1) is 9.10. The van der Waals surface area contributed by atoms with E-state index in [1.165, 1.54) is 12.3 Å². The maximum Gasteiger partial charge on any atom is 0.287 e. The number of rotatable bonds is 5. The van der Waals surface area contributed by atoms with Gasteiger partial charge in [0.1, 0.15) is 0 Å². The first kappa shape index (κ1) is 14.1. The minimum absolute atomic E-state index is 0.0658. The Kier molecular flexibility index (Phi) is 4.60. The van der Waals surface area contributed by atoms with Crippen molar-refractivity contribution >= 4 is 23.2 Å². The van der Waals surface area contributed by atoms with Crippen LogP contribution in [0.25, 0.3) is 0 Å². The second kappa shape index (κ2) is 6.21. The molecule has 1 saturated heterocycles. The third-order valence-corrected chi connectivity index (χ3v) is 4.60. The Morgan fingerprint density at radius 2 is 2.47 bits per heavy atom. The molecule has 1 aliphatic heterocycles. The summed E-state index contributed by atoms with van der Waals surface area (Å²) in [5.41, 5.74) is 0.252. The highest BCUT2D eigenvalue weighted by molar-refractivity contribution is 8.00. The first-order valence-corrected chi connectivity index (χ1v) is 7.35. The van der Waals surface area contributed by atoms with Crippen molar-refractivity contribution in [2.24, 2.45) is 0 Å². The molecule has 1 aromatic heterocycles. The molecule has 1 aromatic rings. The van der Waals surface area contributed by atoms with Crippen molar-refractivity contribution in [3.63, 3.8) is 0 Å². The van der Waals surface area contributed by atoms with Gasteiger partial charge in [0.25, 0.3) is 5.69 Å². The van der Waals surface area contributed by atoms with Crippen LogP contribution in [0.3, 0.4) is 0 Å². The number of ketones is 1. The minimum atomic E-state index is -0.502. The largest absolute Gasteiger partial charge is 0.353 e. The fourth-order valence-corrected chi connectivity index (χ4v) is 3.36. The Morgan fingerprint density at radius 1 is 1.68 bits per heavy atom. The number of thioether (sulfide) groups is 1. The zero-order chi connectivity index (χ0) is 13.8. The molecule has 2 rings (SSSR count). The molecule has 6 nitrogen and oxygen atoms in total. The lowest BCUT2D eigenvalue weighted by Crippen LogP contribution is -2.40. The zero-order valence-corrected chi connectivity index (χ0v) is 11.6. The quantitative estimate of drug-likeness (QED) is 0.507. The Labute approximate surface area is 115 Å². The summed E-state index contributed by atoms with van der Waals surface area (Å²) in [7, 11) is 0. The van der Waals surface area contributed by atoms with Crippen LogP contribution >= 0.6 is 11.8 Å². The summed E-state index contributed by atoms with van der Waals surface area (Å²) in [6.07, 6.45) is 2.36. The molecule has 1 atom stereocenters. The summed E-state index contributed by atoms with van der Waals surface area (Å²) in [6, 6.07) is 1.30. The van der Waals surface area contributed by atoms with E-state index < -0.39 is 4.92 Å². The topological polar surface area (TPSA) is 79.2 Å². The van der Waals surface area contributed by atoms with Crippen LogP contribution in [0.1, 0.15) is 23.8 Å². The predicted octanol–water partition coefficient (Wildman–Crippen LogP) is 1.93. The van der Waals surface area contributed by atoms with E-state index in [2.05, 4.69) is 16.8 Å². The van der Waals surface area contributed by atoms with Gasteiger partial charge in [-0.25, -0.2) is 0 Å². The highest BCUT2D eigenvalue weighted by atomic mass is 32.2. The Bertz CT molecular complexity index is 475. The predicted molar refractivity (Wildman–Crippen MR) is 74.8 cm³/mol. The van der Waals surface area contributed by atoms with Crippen molar-refractivity contribution in [1.82, 2.24) is 9.88 Å². The maximum absolute atomic E-state index is 12.0. The number of carbonyl (C=O) groups is 1. The molecule has 104 valence electrons. The molecule has 7 heteroatoms. The van der Waals surface area contributed by atoms with Crippen molar-refractivity contribution < 1.29 is 9.72 Å². The smallest absolute Gasteiger partial charge is 0.287 e. The molecule has 1 fully saturated rings. The van der Waals surface area contributed by atoms with Gasteiger partial charge in [0.2, 0.25) is 0 Å². The van der Waals surface area contributed by atoms with E-state index in [0.29, 0.717) is 17.5 Å². The summed E-state index contributed by atoms with van der Waals surface area (Å²) in [5.74, 6) is 0.950. The molecule has 2 heterocycles. The van der Waals surface area contributed by atoms with Gasteiger partial charge < -0.3 is 4.98 Å². The van der Waals surface area contributed by atoms with E-state index in [4.69, 9.17) is 0 Å². The van der Waals surface area contributed by atoms with E-state index in [9.17, 15) is 14.9 Å². The molecule has 0 amide bonds. The first-order valence-electron chi connectivity index (χ1n) is 6.30. The monoisotopic (exact) mass is 283 g/mol. The minimum Gasteiger partial charge on any atom is -0.353 e. The fraction of sp³-hybridized carbons (Fsp3) is 0.583. The average molecular weight is 283 g/mol. The van der Waals surface area contributed by atoms with E-state index in [-0.39, 0.29) is 11.5 Å². The maximum atomic E-state index is 12.0. The van der Waals surface area contributed by atoms with E-state index >= 15 is 0 Å². The third-order valence-electron chi connectivity index (χ3n) is 3.22. The van der Waals surface area contributed by atoms with Crippen molar-refractivity contribution in [2.75, 3.05) is 25.4 Å². The van der Waals surface area contributed by atoms with Gasteiger partial charge in [0.15, 0.2) is 5.78 Å². The zero-order valence-electron chi connectivity index (χ0n) is 10.8. The Hall–Kier alpha value is -1.34. The van der Waals surface area contributed by atoms with Crippen LogP contribution in [0.15, 0.2) is 12.3 Å². The van der Waals surface area contributed by atoms with Gasteiger partial charge in [0.05, 0.1) is 23.4 Å². The van der Waals surface area contributed by atoms with Crippen molar-refractivity contribution in [2.45, 2.75) is 18.6 Å². The average Bonchev–Trinajstić information content (AvgIpc) is 2.89. The fourth-order valence-electron chi connectivity index (χ4n) is 2.11. The van der Waals surface area contributed by atoms with Gasteiger partial charge in [-0.1, -0.05) is 6.92 Å². The van der Waals surface area contributed by atoms with Gasteiger partial charge in [0, 0.05) is 30.2 Å². The number of hydrogen-bond donors (Lipinski definition) is 1. The normalized spacial score (nSPS) is 20.4. The van der Waals surface area contributed by atoms with Crippen LogP contribution in [0.4, 0.5) is 5.69 Å². The molecule has 0 bridgehead atoms. The molecule has 19 heavy (non-hydrogen) atoms. The standard InChI is InChI=1S/C12H17N3O3S/c1-2-10-7-14(3-4-19-10)8-12(16)11-5-9(6-13-11)15(17)18/h5-6,10,13H,2-4,7-8H2,1H3. The van der Waals surface area contributed by atoms with Crippen LogP contribution in [-0.2, 0) is 0 Å². The van der Waals surface area contributed by atoms with Gasteiger partial charge in [-0.05, 0) is 6.42 Å². The summed E-state index contributed by atoms with van der Waals surface area (Å²) in [6.45, 7) is 4.29. The lowest BCUT2D eigenvalue weighted by molar-refractivity contribution is -0.384. The molecule has 0 spiro atoms. The number of nitrogens with one attached hydrogen (secondary N) is 1. The highest BCUT2D eigenvalue weighted by Gasteiger charge is 2.22. The molecule has 0 saturated carbocycles. The number of Topliss-reactive ketones (excluding diaryl/α,β-unsaturated/α-hetero) is 1. The van der Waals surface area contributed by atoms with Crippen molar-refractivity contribution in [3.05, 3.63) is 28.1 Å². The highest BCUT2D eigenvalue weighted by Crippen LogP contribution is 2.21. The number of aromatic amines is 1. The van der Waals surface area contributed by atoms with Gasteiger partial charge in [-0.15, -0.1) is 0 Å². The molecule has 1 unspecified atom stereocenters. The van der Waals surface area contributed by atoms with Gasteiger partial charge >= 0.3 is 0 Å². The summed E-state index contributed by atoms with van der Waals surface area (Å²) < 4.78 is 0. The van der Waals surface area contributed by atoms with Crippen LogP contribution in [-0.4, -0.2) is 51.2 Å².